The summed E-state index contributed by atoms with van der Waals surface area (Å²) in [5.41, 5.74) is 4.52. The van der Waals surface area contributed by atoms with Crippen molar-refractivity contribution in [3.05, 3.63) is 0 Å². The topological polar surface area (TPSA) is 89.6 Å². The third-order valence-electron chi connectivity index (χ3n) is 0.521. The molecule has 1 unspecified atom stereocenters. The first-order valence-electron chi connectivity index (χ1n) is 2.18. The predicted octanol–water partition coefficient (Wildman–Crippen LogP) is -1.65. The molecule has 0 saturated carbocycles. The maximum atomic E-state index is 9.97. The van der Waals surface area contributed by atoms with Crippen LogP contribution in [0.4, 0.5) is 0 Å². The lowest BCUT2D eigenvalue weighted by molar-refractivity contribution is -0.172. The van der Waals surface area contributed by atoms with Crippen LogP contribution in [0, 0.1) is 0 Å². The highest BCUT2D eigenvalue weighted by molar-refractivity contribution is 5.80. The number of amides is 1. The zero-order valence-electron chi connectivity index (χ0n) is 4.83. The zero-order valence-corrected chi connectivity index (χ0v) is 4.83. The molecule has 52 valence electrons. The van der Waals surface area contributed by atoms with Gasteiger partial charge in [-0.1, -0.05) is 0 Å². The SMILES string of the molecule is CC(=O)OC(O)C(N)=O. The number of hydrogen-bond donors (Lipinski definition) is 2. The molecule has 9 heavy (non-hydrogen) atoms. The van der Waals surface area contributed by atoms with Gasteiger partial charge in [0.25, 0.3) is 12.2 Å². The van der Waals surface area contributed by atoms with Crippen molar-refractivity contribution in [2.24, 2.45) is 5.73 Å². The number of primary amides is 1. The van der Waals surface area contributed by atoms with Gasteiger partial charge in [-0.05, 0) is 0 Å². The molecule has 0 aliphatic heterocycles. The van der Waals surface area contributed by atoms with E-state index in [0.717, 1.165) is 6.92 Å². The second kappa shape index (κ2) is 3.03. The molecule has 5 nitrogen and oxygen atoms in total. The van der Waals surface area contributed by atoms with Crippen LogP contribution < -0.4 is 5.73 Å². The van der Waals surface area contributed by atoms with Gasteiger partial charge in [0.15, 0.2) is 0 Å². The molecule has 3 N–H and O–H groups in total. The number of ether oxygens (including phenoxy) is 1. The Balaban J connectivity index is 3.63. The van der Waals surface area contributed by atoms with E-state index in [-0.39, 0.29) is 0 Å². The maximum Gasteiger partial charge on any atom is 0.305 e. The van der Waals surface area contributed by atoms with Crippen LogP contribution in [0.1, 0.15) is 6.92 Å². The van der Waals surface area contributed by atoms with Crippen molar-refractivity contribution in [1.29, 1.82) is 0 Å². The molecule has 1 amide bonds. The summed E-state index contributed by atoms with van der Waals surface area (Å²) in [4.78, 5) is 19.9. The third-order valence-corrected chi connectivity index (χ3v) is 0.521. The van der Waals surface area contributed by atoms with Crippen LogP contribution in [0.15, 0.2) is 0 Å². The Kier molecular flexibility index (Phi) is 2.66. The van der Waals surface area contributed by atoms with Crippen LogP contribution in [0.2, 0.25) is 0 Å². The van der Waals surface area contributed by atoms with Crippen molar-refractivity contribution in [2.75, 3.05) is 0 Å². The van der Waals surface area contributed by atoms with Crippen LogP contribution in [-0.4, -0.2) is 23.3 Å². The van der Waals surface area contributed by atoms with E-state index < -0.39 is 18.2 Å². The minimum absolute atomic E-state index is 0.749. The number of esters is 1. The van der Waals surface area contributed by atoms with E-state index in [9.17, 15) is 9.59 Å². The summed E-state index contributed by atoms with van der Waals surface area (Å²) in [5.74, 6) is -1.83. The molecule has 0 aromatic rings. The molecule has 0 saturated heterocycles. The molecule has 0 fully saturated rings. The fraction of sp³-hybridized carbons (Fsp3) is 0.500. The number of hydrogen-bond acceptors (Lipinski definition) is 4. The second-order valence-corrected chi connectivity index (χ2v) is 1.36. The molecule has 0 aliphatic rings. The van der Waals surface area contributed by atoms with E-state index >= 15 is 0 Å². The largest absolute Gasteiger partial charge is 0.426 e. The van der Waals surface area contributed by atoms with Crippen molar-refractivity contribution in [3.63, 3.8) is 0 Å². The van der Waals surface area contributed by atoms with Gasteiger partial charge >= 0.3 is 5.97 Å². The number of nitrogens with two attached hydrogens (primary N) is 1. The predicted molar refractivity (Wildman–Crippen MR) is 27.0 cm³/mol. The van der Waals surface area contributed by atoms with E-state index in [4.69, 9.17) is 5.11 Å². The molecule has 0 rings (SSSR count). The van der Waals surface area contributed by atoms with Crippen molar-refractivity contribution in [1.82, 2.24) is 0 Å². The molecule has 0 heterocycles. The lowest BCUT2D eigenvalue weighted by Crippen LogP contribution is -2.32. The standard InChI is InChI=1S/C4H7NO4/c1-2(6)9-4(8)3(5)7/h4,8H,1H3,(H2,5,7). The van der Waals surface area contributed by atoms with E-state index in [1.165, 1.54) is 0 Å². The minimum Gasteiger partial charge on any atom is -0.426 e. The Hall–Kier alpha value is -1.10. The minimum atomic E-state index is -1.82. The lowest BCUT2D eigenvalue weighted by atomic mass is 10.6. The average Bonchev–Trinajstić information content (AvgIpc) is 1.63. The van der Waals surface area contributed by atoms with Gasteiger partial charge in [-0.3, -0.25) is 9.59 Å². The van der Waals surface area contributed by atoms with Crippen LogP contribution in [0.3, 0.4) is 0 Å². The number of rotatable bonds is 2. The van der Waals surface area contributed by atoms with Gasteiger partial charge in [0.1, 0.15) is 0 Å². The molecule has 1 atom stereocenters. The first kappa shape index (κ1) is 7.90. The number of carbonyl (C=O) groups excluding carboxylic acids is 2. The summed E-state index contributed by atoms with van der Waals surface area (Å²) in [5, 5.41) is 8.38. The van der Waals surface area contributed by atoms with Crippen molar-refractivity contribution in [2.45, 2.75) is 13.2 Å². The molecular formula is C4H7NO4. The number of aliphatic hydroxyl groups is 1. The van der Waals surface area contributed by atoms with Gasteiger partial charge < -0.3 is 15.6 Å². The fourth-order valence-corrected chi connectivity index (χ4v) is 0.215. The van der Waals surface area contributed by atoms with E-state index in [1.54, 1.807) is 0 Å². The molecule has 0 radical (unpaired) electrons. The highest BCUT2D eigenvalue weighted by Gasteiger charge is 2.12. The maximum absolute atomic E-state index is 9.97. The summed E-state index contributed by atoms with van der Waals surface area (Å²) < 4.78 is 3.95. The molecule has 0 aliphatic carbocycles. The Morgan fingerprint density at radius 2 is 2.11 bits per heavy atom. The molecule has 0 aromatic carbocycles. The van der Waals surface area contributed by atoms with Crippen molar-refractivity contribution >= 4 is 11.9 Å². The van der Waals surface area contributed by atoms with Gasteiger partial charge in [-0.25, -0.2) is 0 Å². The zero-order chi connectivity index (χ0) is 7.44. The normalized spacial score (nSPS) is 12.2. The summed E-state index contributed by atoms with van der Waals surface area (Å²) in [7, 11) is 0. The molecular weight excluding hydrogens is 126 g/mol. The number of aliphatic hydroxyl groups excluding tert-OH is 1. The second-order valence-electron chi connectivity index (χ2n) is 1.36. The summed E-state index contributed by atoms with van der Waals surface area (Å²) in [6, 6.07) is 0. The highest BCUT2D eigenvalue weighted by Crippen LogP contribution is 1.84. The fourth-order valence-electron chi connectivity index (χ4n) is 0.215. The van der Waals surface area contributed by atoms with Crippen LogP contribution in [0.5, 0.6) is 0 Å². The Morgan fingerprint density at radius 3 is 2.22 bits per heavy atom. The van der Waals surface area contributed by atoms with Crippen molar-refractivity contribution in [3.8, 4) is 0 Å². The first-order valence-corrected chi connectivity index (χ1v) is 2.18. The summed E-state index contributed by atoms with van der Waals surface area (Å²) in [6.07, 6.45) is -1.82. The van der Waals surface area contributed by atoms with E-state index in [0.29, 0.717) is 0 Å². The Morgan fingerprint density at radius 1 is 1.67 bits per heavy atom. The van der Waals surface area contributed by atoms with Crippen LogP contribution >= 0.6 is 0 Å². The molecule has 0 bridgehead atoms. The smallest absolute Gasteiger partial charge is 0.305 e. The van der Waals surface area contributed by atoms with Crippen LogP contribution in [-0.2, 0) is 14.3 Å². The van der Waals surface area contributed by atoms with Gasteiger partial charge in [0.05, 0.1) is 0 Å². The lowest BCUT2D eigenvalue weighted by Gasteiger charge is -2.03. The first-order chi connectivity index (χ1) is 4.04. The van der Waals surface area contributed by atoms with Gasteiger partial charge in [0, 0.05) is 6.92 Å². The van der Waals surface area contributed by atoms with Gasteiger partial charge in [-0.15, -0.1) is 0 Å². The third kappa shape index (κ3) is 3.48. The average molecular weight is 133 g/mol. The van der Waals surface area contributed by atoms with E-state index in [2.05, 4.69) is 10.5 Å². The number of carbonyl (C=O) groups is 2. The Bertz CT molecular complexity index is 133. The quantitative estimate of drug-likeness (QED) is 0.349. The monoisotopic (exact) mass is 133 g/mol. The summed E-state index contributed by atoms with van der Waals surface area (Å²) >= 11 is 0. The van der Waals surface area contributed by atoms with E-state index in [1.807, 2.05) is 0 Å². The van der Waals surface area contributed by atoms with Crippen LogP contribution in [0.25, 0.3) is 0 Å². The van der Waals surface area contributed by atoms with Gasteiger partial charge in [-0.2, -0.15) is 0 Å². The van der Waals surface area contributed by atoms with Gasteiger partial charge in [0.2, 0.25) is 0 Å². The molecule has 5 heteroatoms. The summed E-state index contributed by atoms with van der Waals surface area (Å²) in [6.45, 7) is 1.06. The highest BCUT2D eigenvalue weighted by atomic mass is 16.6. The molecule has 0 spiro atoms. The van der Waals surface area contributed by atoms with Crippen molar-refractivity contribution < 1.29 is 19.4 Å². The molecule has 0 aromatic heterocycles. The Labute approximate surface area is 51.4 Å².